The fourth-order valence-corrected chi connectivity index (χ4v) is 2.55. The zero-order chi connectivity index (χ0) is 21.8. The van der Waals surface area contributed by atoms with Crippen molar-refractivity contribution < 1.29 is 42.9 Å². The number of nitrogens with zero attached hydrogens (tertiary/aromatic N) is 1. The molecule has 0 bridgehead atoms. The monoisotopic (exact) mass is 425 g/mol. The first-order valence-corrected chi connectivity index (χ1v) is 9.50. The van der Waals surface area contributed by atoms with Crippen molar-refractivity contribution >= 4 is 18.2 Å². The third-order valence-electron chi connectivity index (χ3n) is 3.87. The van der Waals surface area contributed by atoms with E-state index in [0.29, 0.717) is 12.2 Å². The summed E-state index contributed by atoms with van der Waals surface area (Å²) in [6.07, 6.45) is 4.42. The molecule has 0 aliphatic carbocycles. The Morgan fingerprint density at radius 2 is 2.10 bits per heavy atom. The molecule has 1 aromatic rings. The third-order valence-corrected chi connectivity index (χ3v) is 3.87. The highest BCUT2D eigenvalue weighted by Gasteiger charge is 2.30. The Kier molecular flexibility index (Phi) is 10.1. The molecule has 0 spiro atoms. The minimum Gasteiger partial charge on any atom is -0.467 e. The fourth-order valence-electron chi connectivity index (χ4n) is 2.55. The smallest absolute Gasteiger partial charge is 0.303 e. The molecule has 10 heteroatoms. The average Bonchev–Trinajstić information content (AvgIpc) is 3.20. The van der Waals surface area contributed by atoms with Crippen LogP contribution in [0.3, 0.4) is 0 Å². The zero-order valence-electron chi connectivity index (χ0n) is 17.0. The Hall–Kier alpha value is -2.69. The van der Waals surface area contributed by atoms with Crippen LogP contribution in [-0.2, 0) is 40.0 Å². The Morgan fingerprint density at radius 3 is 2.80 bits per heavy atom. The number of hydrogen-bond acceptors (Lipinski definition) is 10. The molecule has 2 heterocycles. The highest BCUT2D eigenvalue weighted by atomic mass is 16.6. The van der Waals surface area contributed by atoms with Gasteiger partial charge in [-0.2, -0.15) is 0 Å². The van der Waals surface area contributed by atoms with Gasteiger partial charge in [0.2, 0.25) is 0 Å². The van der Waals surface area contributed by atoms with Crippen LogP contribution in [0, 0.1) is 0 Å². The quantitative estimate of drug-likeness (QED) is 0.229. The normalized spacial score (nSPS) is 22.0. The van der Waals surface area contributed by atoms with E-state index in [1.54, 1.807) is 30.5 Å². The van der Waals surface area contributed by atoms with Gasteiger partial charge in [-0.15, -0.1) is 0 Å². The van der Waals surface area contributed by atoms with Crippen LogP contribution in [-0.4, -0.2) is 67.5 Å². The lowest BCUT2D eigenvalue weighted by molar-refractivity contribution is -0.163. The molecule has 10 nitrogen and oxygen atoms in total. The minimum atomic E-state index is -0.833. The van der Waals surface area contributed by atoms with Crippen molar-refractivity contribution in [2.24, 2.45) is 5.16 Å². The first-order valence-electron chi connectivity index (χ1n) is 9.50. The molecule has 1 aliphatic heterocycles. The molecule has 0 saturated heterocycles. The van der Waals surface area contributed by atoms with E-state index in [-0.39, 0.29) is 32.5 Å². The van der Waals surface area contributed by atoms with E-state index >= 15 is 0 Å². The summed E-state index contributed by atoms with van der Waals surface area (Å²) in [5, 5.41) is 13.6. The number of hydrogen-bond donors (Lipinski definition) is 1. The number of aliphatic hydroxyl groups is 1. The number of rotatable bonds is 12. The maximum Gasteiger partial charge on any atom is 0.303 e. The SMILES string of the molecule is CC(=O)OC[C@H]1O[C@H](CC=NOC[C@@H](O)COCc2ccco2)C=C[C@H]1OC(C)=O. The van der Waals surface area contributed by atoms with Crippen molar-refractivity contribution in [3.8, 4) is 0 Å². The van der Waals surface area contributed by atoms with Gasteiger partial charge in [0.25, 0.3) is 0 Å². The van der Waals surface area contributed by atoms with E-state index in [2.05, 4.69) is 5.16 Å². The fraction of sp³-hybridized carbons (Fsp3) is 0.550. The summed E-state index contributed by atoms with van der Waals surface area (Å²) in [5.74, 6) is -0.237. The maximum atomic E-state index is 11.2. The molecule has 2 rings (SSSR count). The summed E-state index contributed by atoms with van der Waals surface area (Å²) >= 11 is 0. The van der Waals surface area contributed by atoms with E-state index in [9.17, 15) is 14.7 Å². The van der Waals surface area contributed by atoms with Crippen molar-refractivity contribution in [3.05, 3.63) is 36.3 Å². The molecule has 1 aromatic heterocycles. The van der Waals surface area contributed by atoms with E-state index in [0.717, 1.165) is 0 Å². The van der Waals surface area contributed by atoms with Gasteiger partial charge in [0.1, 0.15) is 43.9 Å². The Morgan fingerprint density at radius 1 is 1.27 bits per heavy atom. The molecule has 1 aliphatic rings. The van der Waals surface area contributed by atoms with Gasteiger partial charge in [-0.05, 0) is 18.2 Å². The Labute approximate surface area is 174 Å². The number of furan rings is 1. The van der Waals surface area contributed by atoms with Gasteiger partial charge >= 0.3 is 11.9 Å². The molecule has 0 amide bonds. The van der Waals surface area contributed by atoms with Gasteiger partial charge in [-0.3, -0.25) is 9.59 Å². The maximum absolute atomic E-state index is 11.2. The van der Waals surface area contributed by atoms with E-state index in [1.807, 2.05) is 0 Å². The summed E-state index contributed by atoms with van der Waals surface area (Å²) in [6.45, 7) is 2.87. The Bertz CT molecular complexity index is 701. The third kappa shape index (κ3) is 9.21. The summed E-state index contributed by atoms with van der Waals surface area (Å²) < 4.78 is 26.4. The summed E-state index contributed by atoms with van der Waals surface area (Å²) in [4.78, 5) is 27.3. The highest BCUT2D eigenvalue weighted by molar-refractivity contribution is 5.67. The molecule has 166 valence electrons. The molecule has 0 aromatic carbocycles. The summed E-state index contributed by atoms with van der Waals surface area (Å²) in [5.41, 5.74) is 0. The molecule has 0 saturated carbocycles. The van der Waals surface area contributed by atoms with Crippen LogP contribution in [0.4, 0.5) is 0 Å². The van der Waals surface area contributed by atoms with Crippen LogP contribution in [0.1, 0.15) is 26.0 Å². The van der Waals surface area contributed by atoms with Gasteiger partial charge in [0.05, 0.1) is 19.0 Å². The zero-order valence-corrected chi connectivity index (χ0v) is 17.0. The number of esters is 2. The molecular weight excluding hydrogens is 398 g/mol. The second kappa shape index (κ2) is 12.8. The van der Waals surface area contributed by atoms with Crippen LogP contribution >= 0.6 is 0 Å². The molecular formula is C20H27NO9. The molecule has 30 heavy (non-hydrogen) atoms. The van der Waals surface area contributed by atoms with E-state index in [1.165, 1.54) is 20.1 Å². The lowest BCUT2D eigenvalue weighted by Gasteiger charge is -2.30. The summed E-state index contributed by atoms with van der Waals surface area (Å²) in [7, 11) is 0. The molecule has 4 atom stereocenters. The van der Waals surface area contributed by atoms with Crippen LogP contribution in [0.25, 0.3) is 0 Å². The van der Waals surface area contributed by atoms with E-state index < -0.39 is 30.3 Å². The highest BCUT2D eigenvalue weighted by Crippen LogP contribution is 2.18. The number of aliphatic hydroxyl groups excluding tert-OH is 1. The van der Waals surface area contributed by atoms with Gasteiger partial charge in [-0.1, -0.05) is 11.2 Å². The second-order valence-corrected chi connectivity index (χ2v) is 6.54. The standard InChI is InChI=1S/C20H27NO9/c1-14(22)27-13-20-19(29-15(2)23)6-5-17(30-20)7-8-21-28-11-16(24)10-25-12-18-4-3-9-26-18/h3-6,8-9,16-17,19-20,24H,7,10-13H2,1-2H3/t16-,17-,19+,20+/m0/s1. The van der Waals surface area contributed by atoms with Crippen molar-refractivity contribution in [2.75, 3.05) is 19.8 Å². The molecule has 0 radical (unpaired) electrons. The first kappa shape index (κ1) is 23.6. The van der Waals surface area contributed by atoms with Crippen molar-refractivity contribution in [1.82, 2.24) is 0 Å². The minimum absolute atomic E-state index is 0.0282. The number of carbonyl (C=O) groups excluding carboxylic acids is 2. The molecule has 0 unspecified atom stereocenters. The summed E-state index contributed by atoms with van der Waals surface area (Å²) in [6, 6.07) is 3.54. The van der Waals surface area contributed by atoms with Gasteiger partial charge < -0.3 is 33.3 Å². The van der Waals surface area contributed by atoms with Crippen LogP contribution in [0.2, 0.25) is 0 Å². The number of oxime groups is 1. The lowest BCUT2D eigenvalue weighted by Crippen LogP contribution is -2.41. The van der Waals surface area contributed by atoms with Gasteiger partial charge in [0.15, 0.2) is 0 Å². The lowest BCUT2D eigenvalue weighted by atomic mass is 10.1. The predicted molar refractivity (Wildman–Crippen MR) is 103 cm³/mol. The molecule has 0 fully saturated rings. The topological polar surface area (TPSA) is 126 Å². The Balaban J connectivity index is 1.67. The van der Waals surface area contributed by atoms with Gasteiger partial charge in [0, 0.05) is 26.5 Å². The van der Waals surface area contributed by atoms with Crippen LogP contribution in [0.15, 0.2) is 40.1 Å². The largest absolute Gasteiger partial charge is 0.467 e. The van der Waals surface area contributed by atoms with Crippen molar-refractivity contribution in [1.29, 1.82) is 0 Å². The molecule has 1 N–H and O–H groups in total. The van der Waals surface area contributed by atoms with Gasteiger partial charge in [-0.25, -0.2) is 0 Å². The number of carbonyl (C=O) groups is 2. The second-order valence-electron chi connectivity index (χ2n) is 6.54. The number of ether oxygens (including phenoxy) is 4. The van der Waals surface area contributed by atoms with Crippen molar-refractivity contribution in [3.63, 3.8) is 0 Å². The average molecular weight is 425 g/mol. The first-order chi connectivity index (χ1) is 14.4. The van der Waals surface area contributed by atoms with Crippen LogP contribution < -0.4 is 0 Å². The van der Waals surface area contributed by atoms with Crippen molar-refractivity contribution in [2.45, 2.75) is 51.3 Å². The predicted octanol–water partition coefficient (Wildman–Crippen LogP) is 1.37. The van der Waals surface area contributed by atoms with Crippen LogP contribution in [0.5, 0.6) is 0 Å². The van der Waals surface area contributed by atoms with E-state index in [4.69, 9.17) is 28.2 Å².